The van der Waals surface area contributed by atoms with E-state index in [4.69, 9.17) is 11.6 Å². The highest BCUT2D eigenvalue weighted by molar-refractivity contribution is 9.10. The topological polar surface area (TPSA) is 30.7 Å². The van der Waals surface area contributed by atoms with E-state index in [2.05, 4.69) is 51.2 Å². The third kappa shape index (κ3) is 3.17. The summed E-state index contributed by atoms with van der Waals surface area (Å²) in [5, 5.41) is -0.123. The smallest absolute Gasteiger partial charge is 0.160 e. The molecule has 5 heteroatoms. The third-order valence-corrected chi connectivity index (χ3v) is 4.39. The van der Waals surface area contributed by atoms with Crippen molar-refractivity contribution in [3.05, 3.63) is 22.6 Å². The van der Waals surface area contributed by atoms with Crippen LogP contribution in [0.2, 0.25) is 0 Å². The van der Waals surface area contributed by atoms with Gasteiger partial charge in [-0.05, 0) is 48.2 Å². The van der Waals surface area contributed by atoms with E-state index in [0.717, 1.165) is 27.9 Å². The van der Waals surface area contributed by atoms with Gasteiger partial charge in [0, 0.05) is 16.7 Å². The highest BCUT2D eigenvalue weighted by Gasteiger charge is 2.21. The molecule has 0 aliphatic carbocycles. The molecule has 2 rings (SSSR count). The molecule has 0 aliphatic rings. The maximum atomic E-state index is 6.31. The van der Waals surface area contributed by atoms with Crippen LogP contribution in [0.1, 0.15) is 57.8 Å². The quantitative estimate of drug-likeness (QED) is 0.661. The molecule has 3 atom stereocenters. The lowest BCUT2D eigenvalue weighted by Gasteiger charge is -2.20. The molecular formula is C15H21BrClN3. The van der Waals surface area contributed by atoms with E-state index in [9.17, 15) is 0 Å². The van der Waals surface area contributed by atoms with Crippen molar-refractivity contribution in [1.82, 2.24) is 14.5 Å². The summed E-state index contributed by atoms with van der Waals surface area (Å²) in [6.07, 6.45) is 4.11. The van der Waals surface area contributed by atoms with E-state index in [1.165, 1.54) is 6.42 Å². The number of hydrogen-bond donors (Lipinski definition) is 0. The lowest BCUT2D eigenvalue weighted by molar-refractivity contribution is 0.395. The van der Waals surface area contributed by atoms with Gasteiger partial charge in [-0.2, -0.15) is 0 Å². The van der Waals surface area contributed by atoms with Gasteiger partial charge < -0.3 is 4.57 Å². The summed E-state index contributed by atoms with van der Waals surface area (Å²) in [7, 11) is 0. The Bertz CT molecular complexity index is 594. The van der Waals surface area contributed by atoms with Crippen LogP contribution >= 0.6 is 27.5 Å². The van der Waals surface area contributed by atoms with E-state index in [-0.39, 0.29) is 5.38 Å². The van der Waals surface area contributed by atoms with Gasteiger partial charge in [0.15, 0.2) is 5.65 Å². The van der Waals surface area contributed by atoms with Crippen LogP contribution in [0.15, 0.2) is 16.7 Å². The normalized spacial score (nSPS) is 16.3. The molecule has 0 spiro atoms. The molecule has 0 aliphatic heterocycles. The Hall–Kier alpha value is -0.610. The fourth-order valence-corrected chi connectivity index (χ4v) is 3.02. The highest BCUT2D eigenvalue weighted by Crippen LogP contribution is 2.31. The standard InChI is InChI=1S/C15H21BrClN3/c1-5-9(2)6-10(3)20-14(11(4)17)19-13-7-12(16)8-18-15(13)20/h7-11H,5-6H2,1-4H3. The van der Waals surface area contributed by atoms with Crippen molar-refractivity contribution in [3.63, 3.8) is 0 Å². The monoisotopic (exact) mass is 357 g/mol. The maximum Gasteiger partial charge on any atom is 0.160 e. The van der Waals surface area contributed by atoms with Crippen molar-refractivity contribution in [2.45, 2.75) is 52.0 Å². The Balaban J connectivity index is 2.51. The molecule has 2 aromatic heterocycles. The molecule has 0 fully saturated rings. The molecule has 0 bridgehead atoms. The number of pyridine rings is 1. The Kier molecular flexibility index (Phi) is 5.08. The Morgan fingerprint density at radius 2 is 2.05 bits per heavy atom. The van der Waals surface area contributed by atoms with Gasteiger partial charge in [0.25, 0.3) is 0 Å². The van der Waals surface area contributed by atoms with Crippen molar-refractivity contribution in [1.29, 1.82) is 0 Å². The fourth-order valence-electron chi connectivity index (χ4n) is 2.54. The van der Waals surface area contributed by atoms with Crippen LogP contribution in [-0.2, 0) is 0 Å². The molecule has 2 aromatic rings. The van der Waals surface area contributed by atoms with Crippen molar-refractivity contribution in [2.24, 2.45) is 5.92 Å². The zero-order chi connectivity index (χ0) is 14.9. The van der Waals surface area contributed by atoms with Crippen LogP contribution in [0, 0.1) is 5.92 Å². The van der Waals surface area contributed by atoms with E-state index >= 15 is 0 Å². The lowest BCUT2D eigenvalue weighted by Crippen LogP contribution is -2.13. The largest absolute Gasteiger partial charge is 0.309 e. The summed E-state index contributed by atoms with van der Waals surface area (Å²) in [5.74, 6) is 1.58. The SMILES string of the molecule is CCC(C)CC(C)n1c(C(C)Cl)nc2cc(Br)cnc21. The zero-order valence-electron chi connectivity index (χ0n) is 12.4. The zero-order valence-corrected chi connectivity index (χ0v) is 14.7. The summed E-state index contributed by atoms with van der Waals surface area (Å²) in [4.78, 5) is 9.20. The summed E-state index contributed by atoms with van der Waals surface area (Å²) in [5.41, 5.74) is 1.82. The number of aromatic nitrogens is 3. The van der Waals surface area contributed by atoms with Crippen LogP contribution in [-0.4, -0.2) is 14.5 Å². The highest BCUT2D eigenvalue weighted by atomic mass is 79.9. The minimum Gasteiger partial charge on any atom is -0.309 e. The molecule has 2 heterocycles. The van der Waals surface area contributed by atoms with Gasteiger partial charge in [0.05, 0.1) is 5.38 Å². The van der Waals surface area contributed by atoms with Crippen LogP contribution < -0.4 is 0 Å². The predicted molar refractivity (Wildman–Crippen MR) is 88.3 cm³/mol. The van der Waals surface area contributed by atoms with Crippen molar-refractivity contribution >= 4 is 38.7 Å². The molecule has 0 saturated heterocycles. The number of hydrogen-bond acceptors (Lipinski definition) is 2. The van der Waals surface area contributed by atoms with E-state index in [1.54, 1.807) is 0 Å². The Morgan fingerprint density at radius 3 is 2.65 bits per heavy atom. The third-order valence-electron chi connectivity index (χ3n) is 3.76. The van der Waals surface area contributed by atoms with Gasteiger partial charge >= 0.3 is 0 Å². The second kappa shape index (κ2) is 6.44. The fraction of sp³-hybridized carbons (Fsp3) is 0.600. The number of alkyl halides is 1. The van der Waals surface area contributed by atoms with Crippen LogP contribution in [0.5, 0.6) is 0 Å². The van der Waals surface area contributed by atoms with Crippen LogP contribution in [0.4, 0.5) is 0 Å². The molecule has 20 heavy (non-hydrogen) atoms. The average molecular weight is 359 g/mol. The molecule has 110 valence electrons. The summed E-state index contributed by atoms with van der Waals surface area (Å²) in [6.45, 7) is 8.69. The predicted octanol–water partition coefficient (Wildman–Crippen LogP) is 5.49. The summed E-state index contributed by atoms with van der Waals surface area (Å²) >= 11 is 9.76. The number of nitrogens with zero attached hydrogens (tertiary/aromatic N) is 3. The van der Waals surface area contributed by atoms with Gasteiger partial charge in [-0.25, -0.2) is 9.97 Å². The summed E-state index contributed by atoms with van der Waals surface area (Å²) in [6, 6.07) is 2.34. The number of rotatable bonds is 5. The summed E-state index contributed by atoms with van der Waals surface area (Å²) < 4.78 is 3.14. The molecule has 0 amide bonds. The van der Waals surface area contributed by atoms with Crippen molar-refractivity contribution in [3.8, 4) is 0 Å². The van der Waals surface area contributed by atoms with Gasteiger partial charge in [-0.3, -0.25) is 0 Å². The minimum absolute atomic E-state index is 0.123. The molecule has 3 unspecified atom stereocenters. The van der Waals surface area contributed by atoms with Gasteiger partial charge in [0.1, 0.15) is 11.3 Å². The molecule has 0 saturated carbocycles. The number of fused-ring (bicyclic) bond motifs is 1. The molecule has 0 aromatic carbocycles. The second-order valence-electron chi connectivity index (χ2n) is 5.55. The second-order valence-corrected chi connectivity index (χ2v) is 7.12. The van der Waals surface area contributed by atoms with Gasteiger partial charge in [-0.1, -0.05) is 20.3 Å². The Morgan fingerprint density at radius 1 is 1.35 bits per heavy atom. The molecule has 0 N–H and O–H groups in total. The van der Waals surface area contributed by atoms with Crippen LogP contribution in [0.3, 0.4) is 0 Å². The molecule has 0 radical (unpaired) electrons. The lowest BCUT2D eigenvalue weighted by atomic mass is 10.00. The van der Waals surface area contributed by atoms with Gasteiger partial charge in [0.2, 0.25) is 0 Å². The van der Waals surface area contributed by atoms with E-state index < -0.39 is 0 Å². The van der Waals surface area contributed by atoms with Crippen molar-refractivity contribution in [2.75, 3.05) is 0 Å². The first-order chi connectivity index (χ1) is 9.43. The first kappa shape index (κ1) is 15.8. The average Bonchev–Trinajstić information content (AvgIpc) is 2.76. The number of imidazole rings is 1. The van der Waals surface area contributed by atoms with E-state index in [1.807, 2.05) is 19.2 Å². The van der Waals surface area contributed by atoms with E-state index in [0.29, 0.717) is 12.0 Å². The first-order valence-corrected chi connectivity index (χ1v) is 8.34. The maximum absolute atomic E-state index is 6.31. The minimum atomic E-state index is -0.123. The van der Waals surface area contributed by atoms with Gasteiger partial charge in [-0.15, -0.1) is 11.6 Å². The number of halogens is 2. The first-order valence-electron chi connectivity index (χ1n) is 7.11. The van der Waals surface area contributed by atoms with Crippen LogP contribution in [0.25, 0.3) is 11.2 Å². The molecule has 3 nitrogen and oxygen atoms in total. The van der Waals surface area contributed by atoms with Crippen molar-refractivity contribution < 1.29 is 0 Å². The molecular weight excluding hydrogens is 338 g/mol. The Labute approximate surface area is 133 Å².